The first-order chi connectivity index (χ1) is 12.4. The molecule has 1 aromatic rings. The van der Waals surface area contributed by atoms with E-state index in [0.717, 1.165) is 31.4 Å². The van der Waals surface area contributed by atoms with Crippen LogP contribution in [0.25, 0.3) is 0 Å². The molecule has 0 unspecified atom stereocenters. The molecule has 1 saturated heterocycles. The van der Waals surface area contributed by atoms with Crippen LogP contribution in [-0.4, -0.2) is 62.3 Å². The number of halogens is 1. The molecule has 0 aromatic heterocycles. The lowest BCUT2D eigenvalue weighted by Gasteiger charge is -2.34. The third kappa shape index (κ3) is 4.04. The van der Waals surface area contributed by atoms with Crippen molar-refractivity contribution in [1.29, 1.82) is 0 Å². The maximum atomic E-state index is 13.0. The van der Waals surface area contributed by atoms with E-state index < -0.39 is 15.8 Å². The Balaban J connectivity index is 1.50. The van der Waals surface area contributed by atoms with Gasteiger partial charge < -0.3 is 9.64 Å². The van der Waals surface area contributed by atoms with Crippen molar-refractivity contribution in [2.45, 2.75) is 24.2 Å². The Labute approximate surface area is 151 Å². The molecule has 1 saturated carbocycles. The number of rotatable bonds is 5. The van der Waals surface area contributed by atoms with Gasteiger partial charge in [-0.3, -0.25) is 9.59 Å². The van der Waals surface area contributed by atoms with E-state index in [9.17, 15) is 22.4 Å². The van der Waals surface area contributed by atoms with Gasteiger partial charge in [-0.15, -0.1) is 0 Å². The minimum Gasteiger partial charge on any atom is -0.455 e. The largest absolute Gasteiger partial charge is 0.455 e. The first-order valence-electron chi connectivity index (χ1n) is 8.58. The SMILES string of the molecule is O=C(OCC(=O)N1CCN(S(=O)(=O)c2ccc(F)cc2)CC1)C1CCC1. The van der Waals surface area contributed by atoms with Gasteiger partial charge in [-0.05, 0) is 37.1 Å². The highest BCUT2D eigenvalue weighted by Crippen LogP contribution is 2.27. The lowest BCUT2D eigenvalue weighted by molar-refractivity contribution is -0.158. The second-order valence-electron chi connectivity index (χ2n) is 6.47. The second kappa shape index (κ2) is 7.71. The van der Waals surface area contributed by atoms with E-state index in [1.165, 1.54) is 21.3 Å². The Morgan fingerprint density at radius 3 is 2.23 bits per heavy atom. The summed E-state index contributed by atoms with van der Waals surface area (Å²) in [7, 11) is -3.72. The Morgan fingerprint density at radius 2 is 1.69 bits per heavy atom. The Kier molecular flexibility index (Phi) is 5.57. The predicted molar refractivity (Wildman–Crippen MR) is 90.0 cm³/mol. The number of sulfonamides is 1. The fourth-order valence-corrected chi connectivity index (χ4v) is 4.34. The van der Waals surface area contributed by atoms with Crippen LogP contribution in [0.1, 0.15) is 19.3 Å². The lowest BCUT2D eigenvalue weighted by atomic mass is 9.86. The van der Waals surface area contributed by atoms with Crippen LogP contribution in [0.2, 0.25) is 0 Å². The molecule has 2 aliphatic rings. The smallest absolute Gasteiger partial charge is 0.309 e. The molecule has 0 atom stereocenters. The summed E-state index contributed by atoms with van der Waals surface area (Å²) >= 11 is 0. The molecule has 0 N–H and O–H groups in total. The third-order valence-corrected chi connectivity index (χ3v) is 6.73. The summed E-state index contributed by atoms with van der Waals surface area (Å²) in [5, 5.41) is 0. The van der Waals surface area contributed by atoms with E-state index in [-0.39, 0.29) is 55.5 Å². The molecule has 0 radical (unpaired) electrons. The minimum atomic E-state index is -3.72. The van der Waals surface area contributed by atoms with Crippen molar-refractivity contribution in [3.63, 3.8) is 0 Å². The summed E-state index contributed by atoms with van der Waals surface area (Å²) in [6.07, 6.45) is 2.64. The van der Waals surface area contributed by atoms with E-state index in [2.05, 4.69) is 0 Å². The monoisotopic (exact) mass is 384 g/mol. The standard InChI is InChI=1S/C17H21FN2O5S/c18-14-4-6-15(7-5-14)26(23,24)20-10-8-19(9-11-20)16(21)12-25-17(22)13-2-1-3-13/h4-7,13H,1-3,8-12H2. The highest BCUT2D eigenvalue weighted by Gasteiger charge is 2.31. The number of piperazine rings is 1. The average molecular weight is 384 g/mol. The van der Waals surface area contributed by atoms with Crippen molar-refractivity contribution in [2.24, 2.45) is 5.92 Å². The summed E-state index contributed by atoms with van der Waals surface area (Å²) in [6.45, 7) is 0.421. The maximum absolute atomic E-state index is 13.0. The van der Waals surface area contributed by atoms with Crippen LogP contribution in [0.3, 0.4) is 0 Å². The zero-order valence-electron chi connectivity index (χ0n) is 14.3. The van der Waals surface area contributed by atoms with Gasteiger partial charge >= 0.3 is 5.97 Å². The fraction of sp³-hybridized carbons (Fsp3) is 0.529. The second-order valence-corrected chi connectivity index (χ2v) is 8.41. The maximum Gasteiger partial charge on any atom is 0.309 e. The van der Waals surface area contributed by atoms with Crippen molar-refractivity contribution < 1.29 is 27.1 Å². The van der Waals surface area contributed by atoms with E-state index >= 15 is 0 Å². The molecule has 26 heavy (non-hydrogen) atoms. The molecule has 1 aromatic carbocycles. The number of ether oxygens (including phenoxy) is 1. The topological polar surface area (TPSA) is 84.0 Å². The number of carbonyl (C=O) groups excluding carboxylic acids is 2. The predicted octanol–water partition coefficient (Wildman–Crippen LogP) is 1.00. The number of hydrogen-bond donors (Lipinski definition) is 0. The van der Waals surface area contributed by atoms with Crippen LogP contribution in [0.15, 0.2) is 29.2 Å². The van der Waals surface area contributed by atoms with Gasteiger partial charge in [0.25, 0.3) is 5.91 Å². The van der Waals surface area contributed by atoms with Crippen LogP contribution in [0.5, 0.6) is 0 Å². The van der Waals surface area contributed by atoms with E-state index in [4.69, 9.17) is 4.74 Å². The summed E-state index contributed by atoms with van der Waals surface area (Å²) in [5.74, 6) is -1.24. The minimum absolute atomic E-state index is 0.0214. The van der Waals surface area contributed by atoms with Gasteiger partial charge in [0, 0.05) is 26.2 Å². The van der Waals surface area contributed by atoms with Crippen LogP contribution in [-0.2, 0) is 24.3 Å². The van der Waals surface area contributed by atoms with Gasteiger partial charge in [-0.2, -0.15) is 4.31 Å². The lowest BCUT2D eigenvalue weighted by Crippen LogP contribution is -2.51. The van der Waals surface area contributed by atoms with Gasteiger partial charge in [-0.1, -0.05) is 6.42 Å². The Hall–Kier alpha value is -2.00. The summed E-state index contributed by atoms with van der Waals surface area (Å²) in [5.41, 5.74) is 0. The number of carbonyl (C=O) groups is 2. The van der Waals surface area contributed by atoms with E-state index in [0.29, 0.717) is 0 Å². The van der Waals surface area contributed by atoms with Crippen LogP contribution in [0.4, 0.5) is 4.39 Å². The van der Waals surface area contributed by atoms with Gasteiger partial charge in [0.15, 0.2) is 6.61 Å². The zero-order chi connectivity index (χ0) is 18.7. The number of nitrogens with zero attached hydrogens (tertiary/aromatic N) is 2. The highest BCUT2D eigenvalue weighted by molar-refractivity contribution is 7.89. The average Bonchev–Trinajstić information content (AvgIpc) is 2.58. The number of benzene rings is 1. The molecule has 1 aliphatic carbocycles. The molecule has 1 amide bonds. The molecule has 1 heterocycles. The summed E-state index contributed by atoms with van der Waals surface area (Å²) < 4.78 is 44.4. The van der Waals surface area contributed by atoms with Gasteiger partial charge in [0.2, 0.25) is 10.0 Å². The van der Waals surface area contributed by atoms with Crippen LogP contribution >= 0.6 is 0 Å². The van der Waals surface area contributed by atoms with E-state index in [1.807, 2.05) is 0 Å². The molecule has 2 fully saturated rings. The molecule has 0 spiro atoms. The summed E-state index contributed by atoms with van der Waals surface area (Å²) in [4.78, 5) is 25.3. The van der Waals surface area contributed by atoms with Gasteiger partial charge in [0.05, 0.1) is 10.8 Å². The van der Waals surface area contributed by atoms with Gasteiger partial charge in [0.1, 0.15) is 5.82 Å². The molecule has 1 aliphatic heterocycles. The van der Waals surface area contributed by atoms with Crippen molar-refractivity contribution >= 4 is 21.9 Å². The van der Waals surface area contributed by atoms with Gasteiger partial charge in [-0.25, -0.2) is 12.8 Å². The quantitative estimate of drug-likeness (QED) is 0.708. The Bertz CT molecular complexity index is 769. The first kappa shape index (κ1) is 18.8. The molecule has 142 valence electrons. The van der Waals surface area contributed by atoms with Crippen LogP contribution < -0.4 is 0 Å². The van der Waals surface area contributed by atoms with Crippen molar-refractivity contribution in [2.75, 3.05) is 32.8 Å². The Morgan fingerprint density at radius 1 is 1.08 bits per heavy atom. The van der Waals surface area contributed by atoms with E-state index in [1.54, 1.807) is 0 Å². The van der Waals surface area contributed by atoms with Crippen LogP contribution in [0, 0.1) is 11.7 Å². The van der Waals surface area contributed by atoms with Crippen molar-refractivity contribution in [3.8, 4) is 0 Å². The highest BCUT2D eigenvalue weighted by atomic mass is 32.2. The molecular formula is C17H21FN2O5S. The van der Waals surface area contributed by atoms with Crippen molar-refractivity contribution in [1.82, 2.24) is 9.21 Å². The third-order valence-electron chi connectivity index (χ3n) is 4.82. The molecule has 7 nitrogen and oxygen atoms in total. The molecule has 3 rings (SSSR count). The number of esters is 1. The fourth-order valence-electron chi connectivity index (χ4n) is 2.92. The molecule has 9 heteroatoms. The number of amides is 1. The molecular weight excluding hydrogens is 363 g/mol. The first-order valence-corrected chi connectivity index (χ1v) is 10.0. The molecule has 0 bridgehead atoms. The van der Waals surface area contributed by atoms with Crippen molar-refractivity contribution in [3.05, 3.63) is 30.1 Å². The normalized spacial score (nSPS) is 19.0. The zero-order valence-corrected chi connectivity index (χ0v) is 15.1. The summed E-state index contributed by atoms with van der Waals surface area (Å²) in [6, 6.07) is 4.65. The number of hydrogen-bond acceptors (Lipinski definition) is 5.